The van der Waals surface area contributed by atoms with Crippen LogP contribution in [0.4, 0.5) is 0 Å². The van der Waals surface area contributed by atoms with Gasteiger partial charge in [-0.05, 0) is 62.2 Å². The molecule has 0 bridgehead atoms. The summed E-state index contributed by atoms with van der Waals surface area (Å²) in [7, 11) is 1.57. The molecule has 0 aliphatic carbocycles. The minimum absolute atomic E-state index is 0.211. The van der Waals surface area contributed by atoms with Crippen LogP contribution < -0.4 is 24.4 Å². The van der Waals surface area contributed by atoms with Gasteiger partial charge in [0.1, 0.15) is 0 Å². The van der Waals surface area contributed by atoms with Gasteiger partial charge in [0, 0.05) is 4.47 Å². The number of esters is 1. The fourth-order valence-electron chi connectivity index (χ4n) is 3.95. The average Bonchev–Trinajstić information content (AvgIpc) is 3.14. The van der Waals surface area contributed by atoms with Crippen molar-refractivity contribution in [3.63, 3.8) is 0 Å². The fraction of sp³-hybridized carbons (Fsp3) is 0.269. The van der Waals surface area contributed by atoms with Crippen LogP contribution in [0.5, 0.6) is 11.5 Å². The molecular formula is C26H25BrN2O5S. The van der Waals surface area contributed by atoms with E-state index in [2.05, 4.69) is 20.9 Å². The number of methoxy groups -OCH3 is 1. The Bertz CT molecular complexity index is 1470. The van der Waals surface area contributed by atoms with Gasteiger partial charge in [0.2, 0.25) is 0 Å². The number of hydrogen-bond donors (Lipinski definition) is 0. The van der Waals surface area contributed by atoms with Crippen molar-refractivity contribution in [3.8, 4) is 11.5 Å². The molecule has 2 aromatic carbocycles. The van der Waals surface area contributed by atoms with Gasteiger partial charge in [0.05, 0.1) is 42.2 Å². The zero-order valence-electron chi connectivity index (χ0n) is 19.8. The standard InChI is InChI=1S/C26H25BrN2O5S/c1-5-33-20-14-17(9-12-19(20)32-4)23-22(25(31)34-6-2)15(3)28-26-29(23)24(30)21(35-26)13-16-7-10-18(27)11-8-16/h7-14,23H,5-6H2,1-4H3/b21-13-/t23-/m1/s1. The molecule has 1 aliphatic heterocycles. The summed E-state index contributed by atoms with van der Waals surface area (Å²) in [5.74, 6) is 0.591. The molecular weight excluding hydrogens is 532 g/mol. The van der Waals surface area contributed by atoms with Crippen molar-refractivity contribution in [2.45, 2.75) is 26.8 Å². The molecule has 0 N–H and O–H groups in total. The van der Waals surface area contributed by atoms with E-state index in [1.807, 2.05) is 43.3 Å². The van der Waals surface area contributed by atoms with Gasteiger partial charge < -0.3 is 14.2 Å². The first-order valence-corrected chi connectivity index (χ1v) is 12.7. The monoisotopic (exact) mass is 556 g/mol. The first kappa shape index (κ1) is 24.9. The van der Waals surface area contributed by atoms with E-state index in [-0.39, 0.29) is 12.2 Å². The lowest BCUT2D eigenvalue weighted by atomic mass is 9.95. The van der Waals surface area contributed by atoms with Crippen LogP contribution in [-0.4, -0.2) is 30.9 Å². The third kappa shape index (κ3) is 4.97. The summed E-state index contributed by atoms with van der Waals surface area (Å²) in [5.41, 5.74) is 2.19. The average molecular weight is 557 g/mol. The van der Waals surface area contributed by atoms with Crippen LogP contribution in [0.3, 0.4) is 0 Å². The molecule has 9 heteroatoms. The van der Waals surface area contributed by atoms with Gasteiger partial charge in [-0.15, -0.1) is 0 Å². The highest BCUT2D eigenvalue weighted by atomic mass is 79.9. The minimum Gasteiger partial charge on any atom is -0.493 e. The van der Waals surface area contributed by atoms with Gasteiger partial charge in [0.25, 0.3) is 5.56 Å². The maximum atomic E-state index is 13.7. The van der Waals surface area contributed by atoms with Gasteiger partial charge >= 0.3 is 5.97 Å². The molecule has 0 saturated carbocycles. The number of aromatic nitrogens is 1. The maximum absolute atomic E-state index is 13.7. The summed E-state index contributed by atoms with van der Waals surface area (Å²) < 4.78 is 19.6. The largest absolute Gasteiger partial charge is 0.493 e. The van der Waals surface area contributed by atoms with Gasteiger partial charge in [-0.2, -0.15) is 0 Å². The lowest BCUT2D eigenvalue weighted by molar-refractivity contribution is -0.139. The van der Waals surface area contributed by atoms with E-state index in [4.69, 9.17) is 14.2 Å². The molecule has 0 unspecified atom stereocenters. The van der Waals surface area contributed by atoms with E-state index < -0.39 is 12.0 Å². The second-order valence-electron chi connectivity index (χ2n) is 7.70. The number of carbonyl (C=O) groups excluding carboxylic acids is 1. The molecule has 3 aromatic rings. The zero-order valence-corrected chi connectivity index (χ0v) is 22.2. The topological polar surface area (TPSA) is 79.1 Å². The lowest BCUT2D eigenvalue weighted by Crippen LogP contribution is -2.40. The molecule has 35 heavy (non-hydrogen) atoms. The number of rotatable bonds is 7. The van der Waals surface area contributed by atoms with E-state index in [0.717, 1.165) is 10.0 Å². The van der Waals surface area contributed by atoms with Crippen LogP contribution in [0.2, 0.25) is 0 Å². The Labute approximate surface area is 215 Å². The quantitative estimate of drug-likeness (QED) is 0.411. The highest BCUT2D eigenvalue weighted by Crippen LogP contribution is 2.36. The summed E-state index contributed by atoms with van der Waals surface area (Å²) in [5, 5.41) is 0. The van der Waals surface area contributed by atoms with E-state index in [9.17, 15) is 9.59 Å². The smallest absolute Gasteiger partial charge is 0.338 e. The molecule has 7 nitrogen and oxygen atoms in total. The number of allylic oxidation sites excluding steroid dienone is 1. The molecule has 0 saturated heterocycles. The number of hydrogen-bond acceptors (Lipinski definition) is 7. The van der Waals surface area contributed by atoms with Crippen LogP contribution in [0.15, 0.2) is 68.0 Å². The predicted molar refractivity (Wildman–Crippen MR) is 139 cm³/mol. The molecule has 2 heterocycles. The van der Waals surface area contributed by atoms with Crippen LogP contribution in [0.1, 0.15) is 37.9 Å². The molecule has 4 rings (SSSR count). The number of benzene rings is 2. The Kier molecular flexibility index (Phi) is 7.57. The second-order valence-corrected chi connectivity index (χ2v) is 9.62. The molecule has 1 atom stereocenters. The predicted octanol–water partition coefficient (Wildman–Crippen LogP) is 3.97. The molecule has 1 aromatic heterocycles. The lowest BCUT2D eigenvalue weighted by Gasteiger charge is -2.25. The van der Waals surface area contributed by atoms with Crippen molar-refractivity contribution in [1.82, 2.24) is 4.57 Å². The molecule has 0 spiro atoms. The van der Waals surface area contributed by atoms with Crippen LogP contribution in [0.25, 0.3) is 6.08 Å². The Morgan fingerprint density at radius 2 is 1.89 bits per heavy atom. The first-order chi connectivity index (χ1) is 16.9. The van der Waals surface area contributed by atoms with Gasteiger partial charge in [-0.1, -0.05) is 45.5 Å². The van der Waals surface area contributed by atoms with Crippen molar-refractivity contribution in [2.75, 3.05) is 20.3 Å². The molecule has 0 amide bonds. The third-order valence-corrected chi connectivity index (χ3v) is 7.00. The molecule has 0 radical (unpaired) electrons. The number of halogens is 1. The summed E-state index contributed by atoms with van der Waals surface area (Å²) in [4.78, 5) is 31.9. The van der Waals surface area contributed by atoms with Crippen LogP contribution in [0, 0.1) is 0 Å². The Balaban J connectivity index is 1.96. The van der Waals surface area contributed by atoms with E-state index in [0.29, 0.717) is 44.3 Å². The maximum Gasteiger partial charge on any atom is 0.338 e. The van der Waals surface area contributed by atoms with E-state index in [1.54, 1.807) is 37.7 Å². The minimum atomic E-state index is -0.720. The number of nitrogens with zero attached hydrogens (tertiary/aromatic N) is 2. The second kappa shape index (κ2) is 10.6. The SMILES string of the molecule is CCOC(=O)C1=C(C)N=c2s/c(=C\c3ccc(Br)cc3)c(=O)n2[C@@H]1c1ccc(OC)c(OCC)c1. The van der Waals surface area contributed by atoms with E-state index in [1.165, 1.54) is 11.3 Å². The van der Waals surface area contributed by atoms with Crippen LogP contribution in [-0.2, 0) is 9.53 Å². The number of thiazole rings is 1. The Morgan fingerprint density at radius 3 is 2.54 bits per heavy atom. The van der Waals surface area contributed by atoms with Gasteiger partial charge in [-0.25, -0.2) is 9.79 Å². The Morgan fingerprint density at radius 1 is 1.14 bits per heavy atom. The number of fused-ring (bicyclic) bond motifs is 1. The summed E-state index contributed by atoms with van der Waals surface area (Å²) in [6, 6.07) is 12.4. The first-order valence-electron chi connectivity index (χ1n) is 11.1. The zero-order chi connectivity index (χ0) is 25.1. The molecule has 0 fully saturated rings. The number of carbonyl (C=O) groups is 1. The van der Waals surface area contributed by atoms with Crippen molar-refractivity contribution >= 4 is 39.3 Å². The van der Waals surface area contributed by atoms with Crippen molar-refractivity contribution in [3.05, 3.63) is 89.0 Å². The van der Waals surface area contributed by atoms with Crippen molar-refractivity contribution in [2.24, 2.45) is 4.99 Å². The van der Waals surface area contributed by atoms with Crippen LogP contribution >= 0.6 is 27.3 Å². The highest BCUT2D eigenvalue weighted by Gasteiger charge is 2.33. The molecule has 1 aliphatic rings. The number of ether oxygens (including phenoxy) is 3. The Hall–Kier alpha value is -3.17. The summed E-state index contributed by atoms with van der Waals surface area (Å²) >= 11 is 4.72. The molecule has 182 valence electrons. The van der Waals surface area contributed by atoms with Crippen molar-refractivity contribution in [1.29, 1.82) is 0 Å². The third-order valence-electron chi connectivity index (χ3n) is 5.49. The fourth-order valence-corrected chi connectivity index (χ4v) is 5.26. The normalized spacial score (nSPS) is 15.5. The summed E-state index contributed by atoms with van der Waals surface area (Å²) in [6.07, 6.45) is 1.83. The highest BCUT2D eigenvalue weighted by molar-refractivity contribution is 9.10. The van der Waals surface area contributed by atoms with Gasteiger partial charge in [0.15, 0.2) is 16.3 Å². The van der Waals surface area contributed by atoms with Gasteiger partial charge in [-0.3, -0.25) is 9.36 Å². The van der Waals surface area contributed by atoms with Crippen molar-refractivity contribution < 1.29 is 19.0 Å². The summed E-state index contributed by atoms with van der Waals surface area (Å²) in [6.45, 7) is 6.04. The van der Waals surface area contributed by atoms with E-state index >= 15 is 0 Å².